The van der Waals surface area contributed by atoms with E-state index in [9.17, 15) is 4.79 Å². The first-order chi connectivity index (χ1) is 10.4. The van der Waals surface area contributed by atoms with E-state index in [1.54, 1.807) is 4.90 Å². The Bertz CT molecular complexity index is 544. The molecule has 0 aliphatic carbocycles. The third-order valence-corrected chi connectivity index (χ3v) is 3.33. The van der Waals surface area contributed by atoms with Gasteiger partial charge in [-0.2, -0.15) is 0 Å². The molecule has 2 rings (SSSR count). The summed E-state index contributed by atoms with van der Waals surface area (Å²) in [5.74, 6) is 6.36. The predicted molar refractivity (Wildman–Crippen MR) is 87.6 cm³/mol. The Morgan fingerprint density at radius 3 is 2.36 bits per heavy atom. The van der Waals surface area contributed by atoms with E-state index in [0.717, 1.165) is 25.2 Å². The highest BCUT2D eigenvalue weighted by Crippen LogP contribution is 2.11. The fraction of sp³-hybridized carbons (Fsp3) is 0.500. The molecule has 1 amide bonds. The van der Waals surface area contributed by atoms with E-state index < -0.39 is 5.60 Å². The van der Waals surface area contributed by atoms with Crippen LogP contribution < -0.4 is 0 Å². The quantitative estimate of drug-likeness (QED) is 0.747. The maximum atomic E-state index is 12.0. The molecule has 1 aromatic carbocycles. The molecule has 1 fully saturated rings. The number of carbonyl (C=O) groups is 1. The molecule has 0 radical (unpaired) electrons. The Morgan fingerprint density at radius 2 is 1.77 bits per heavy atom. The molecule has 4 nitrogen and oxygen atoms in total. The monoisotopic (exact) mass is 300 g/mol. The van der Waals surface area contributed by atoms with Crippen LogP contribution >= 0.6 is 0 Å². The maximum Gasteiger partial charge on any atom is 0.410 e. The van der Waals surface area contributed by atoms with Gasteiger partial charge in [-0.3, -0.25) is 4.90 Å². The highest BCUT2D eigenvalue weighted by atomic mass is 16.6. The van der Waals surface area contributed by atoms with E-state index in [1.165, 1.54) is 0 Å². The number of rotatable bonds is 1. The first-order valence-corrected chi connectivity index (χ1v) is 7.68. The Balaban J connectivity index is 1.76. The average Bonchev–Trinajstić information content (AvgIpc) is 2.47. The standard InChI is InChI=1S/C18H24N2O2/c1-18(2,3)22-17(21)20-14-12-19(13-15-20)11-7-10-16-8-5-4-6-9-16/h4-6,8-9H,11-15H2,1-3H3. The van der Waals surface area contributed by atoms with Crippen molar-refractivity contribution in [1.82, 2.24) is 9.80 Å². The molecule has 0 atom stereocenters. The minimum atomic E-state index is -0.435. The van der Waals surface area contributed by atoms with Crippen LogP contribution in [0.3, 0.4) is 0 Å². The number of hydrogen-bond acceptors (Lipinski definition) is 3. The largest absolute Gasteiger partial charge is 0.444 e. The van der Waals surface area contributed by atoms with Gasteiger partial charge in [-0.05, 0) is 32.9 Å². The molecule has 0 aromatic heterocycles. The van der Waals surface area contributed by atoms with Gasteiger partial charge in [0, 0.05) is 31.7 Å². The van der Waals surface area contributed by atoms with Gasteiger partial charge in [0.25, 0.3) is 0 Å². The lowest BCUT2D eigenvalue weighted by atomic mass is 10.2. The second-order valence-corrected chi connectivity index (χ2v) is 6.41. The average molecular weight is 300 g/mol. The van der Waals surface area contributed by atoms with E-state index in [1.807, 2.05) is 51.1 Å². The molecule has 0 N–H and O–H groups in total. The van der Waals surface area contributed by atoms with Crippen LogP contribution in [0.2, 0.25) is 0 Å². The Hall–Kier alpha value is -1.99. The molecule has 0 spiro atoms. The Kier molecular flexibility index (Phi) is 5.46. The summed E-state index contributed by atoms with van der Waals surface area (Å²) in [5, 5.41) is 0. The van der Waals surface area contributed by atoms with Crippen LogP contribution in [0.5, 0.6) is 0 Å². The van der Waals surface area contributed by atoms with Crippen molar-refractivity contribution in [3.05, 3.63) is 35.9 Å². The fourth-order valence-electron chi connectivity index (χ4n) is 2.19. The summed E-state index contributed by atoms with van der Waals surface area (Å²) in [4.78, 5) is 16.0. The zero-order valence-corrected chi connectivity index (χ0v) is 13.6. The summed E-state index contributed by atoms with van der Waals surface area (Å²) in [6.07, 6.45) is -0.220. The van der Waals surface area contributed by atoms with Crippen LogP contribution in [0, 0.1) is 11.8 Å². The smallest absolute Gasteiger partial charge is 0.410 e. The molecule has 1 aliphatic heterocycles. The molecular weight excluding hydrogens is 276 g/mol. The van der Waals surface area contributed by atoms with E-state index >= 15 is 0 Å². The number of amides is 1. The van der Waals surface area contributed by atoms with Gasteiger partial charge in [0.1, 0.15) is 5.60 Å². The Labute approximate surface area is 133 Å². The van der Waals surface area contributed by atoms with Crippen molar-refractivity contribution < 1.29 is 9.53 Å². The van der Waals surface area contributed by atoms with E-state index in [2.05, 4.69) is 16.7 Å². The molecule has 1 saturated heterocycles. The number of carbonyl (C=O) groups excluding carboxylic acids is 1. The van der Waals surface area contributed by atoms with E-state index in [-0.39, 0.29) is 6.09 Å². The third kappa shape index (κ3) is 5.42. The lowest BCUT2D eigenvalue weighted by Crippen LogP contribution is -2.50. The van der Waals surface area contributed by atoms with Crippen molar-refractivity contribution in [3.8, 4) is 11.8 Å². The molecule has 4 heteroatoms. The molecule has 1 heterocycles. The fourth-order valence-corrected chi connectivity index (χ4v) is 2.19. The molecule has 0 unspecified atom stereocenters. The number of ether oxygens (including phenoxy) is 1. The second-order valence-electron chi connectivity index (χ2n) is 6.41. The summed E-state index contributed by atoms with van der Waals surface area (Å²) in [6.45, 7) is 9.47. The molecule has 22 heavy (non-hydrogen) atoms. The van der Waals surface area contributed by atoms with Gasteiger partial charge in [0.05, 0.1) is 6.54 Å². The third-order valence-electron chi connectivity index (χ3n) is 3.33. The van der Waals surface area contributed by atoms with Crippen LogP contribution in [-0.2, 0) is 4.74 Å². The molecule has 1 aliphatic rings. The molecule has 118 valence electrons. The number of hydrogen-bond donors (Lipinski definition) is 0. The highest BCUT2D eigenvalue weighted by Gasteiger charge is 2.25. The molecular formula is C18H24N2O2. The lowest BCUT2D eigenvalue weighted by Gasteiger charge is -2.34. The molecule has 1 aromatic rings. The summed E-state index contributed by atoms with van der Waals surface area (Å²) in [7, 11) is 0. The summed E-state index contributed by atoms with van der Waals surface area (Å²) < 4.78 is 5.39. The van der Waals surface area contributed by atoms with Crippen LogP contribution in [0.25, 0.3) is 0 Å². The van der Waals surface area contributed by atoms with Crippen LogP contribution in [-0.4, -0.2) is 54.2 Å². The molecule has 0 bridgehead atoms. The Morgan fingerprint density at radius 1 is 1.14 bits per heavy atom. The zero-order valence-electron chi connectivity index (χ0n) is 13.6. The van der Waals surface area contributed by atoms with Gasteiger partial charge in [-0.1, -0.05) is 30.0 Å². The number of benzene rings is 1. The normalized spacial score (nSPS) is 15.9. The SMILES string of the molecule is CC(C)(C)OC(=O)N1CCN(CC#Cc2ccccc2)CC1. The van der Waals surface area contributed by atoms with E-state index in [0.29, 0.717) is 13.1 Å². The van der Waals surface area contributed by atoms with Crippen molar-refractivity contribution in [1.29, 1.82) is 0 Å². The number of piperazine rings is 1. The van der Waals surface area contributed by atoms with Gasteiger partial charge in [-0.25, -0.2) is 4.79 Å². The lowest BCUT2D eigenvalue weighted by molar-refractivity contribution is 0.0155. The van der Waals surface area contributed by atoms with Crippen molar-refractivity contribution >= 4 is 6.09 Å². The predicted octanol–water partition coefficient (Wildman–Crippen LogP) is 2.59. The van der Waals surface area contributed by atoms with Crippen LogP contribution in [0.4, 0.5) is 4.79 Å². The minimum absolute atomic E-state index is 0.220. The highest BCUT2D eigenvalue weighted by molar-refractivity contribution is 5.68. The summed E-state index contributed by atoms with van der Waals surface area (Å²) in [5.41, 5.74) is 0.602. The molecule has 0 saturated carbocycles. The van der Waals surface area contributed by atoms with Crippen molar-refractivity contribution in [2.75, 3.05) is 32.7 Å². The maximum absolute atomic E-state index is 12.0. The van der Waals surface area contributed by atoms with Gasteiger partial charge in [0.2, 0.25) is 0 Å². The minimum Gasteiger partial charge on any atom is -0.444 e. The van der Waals surface area contributed by atoms with Crippen molar-refractivity contribution in [2.24, 2.45) is 0 Å². The van der Waals surface area contributed by atoms with Gasteiger partial charge >= 0.3 is 6.09 Å². The first kappa shape index (κ1) is 16.4. The van der Waals surface area contributed by atoms with Crippen LogP contribution in [0.1, 0.15) is 26.3 Å². The second kappa shape index (κ2) is 7.33. The van der Waals surface area contributed by atoms with Gasteiger partial charge < -0.3 is 9.64 Å². The van der Waals surface area contributed by atoms with Crippen molar-refractivity contribution in [2.45, 2.75) is 26.4 Å². The summed E-state index contributed by atoms with van der Waals surface area (Å²) >= 11 is 0. The first-order valence-electron chi connectivity index (χ1n) is 7.68. The zero-order chi connectivity index (χ0) is 16.0. The van der Waals surface area contributed by atoms with Gasteiger partial charge in [-0.15, -0.1) is 0 Å². The topological polar surface area (TPSA) is 32.8 Å². The summed E-state index contributed by atoms with van der Waals surface area (Å²) in [6, 6.07) is 9.98. The number of nitrogens with zero attached hydrogens (tertiary/aromatic N) is 2. The van der Waals surface area contributed by atoms with Gasteiger partial charge in [0.15, 0.2) is 0 Å². The van der Waals surface area contributed by atoms with Crippen molar-refractivity contribution in [3.63, 3.8) is 0 Å². The van der Waals surface area contributed by atoms with E-state index in [4.69, 9.17) is 4.74 Å². The van der Waals surface area contributed by atoms with Crippen LogP contribution in [0.15, 0.2) is 30.3 Å².